The summed E-state index contributed by atoms with van der Waals surface area (Å²) in [7, 11) is 4.70. The van der Waals surface area contributed by atoms with Gasteiger partial charge in [-0.1, -0.05) is 36.4 Å². The first-order valence-electron chi connectivity index (χ1n) is 7.79. The van der Waals surface area contributed by atoms with Crippen molar-refractivity contribution >= 4 is 5.84 Å². The first kappa shape index (κ1) is 12.9. The van der Waals surface area contributed by atoms with Crippen LogP contribution in [0.3, 0.4) is 0 Å². The molecule has 3 aliphatic rings. The van der Waals surface area contributed by atoms with Gasteiger partial charge < -0.3 is 9.38 Å². The van der Waals surface area contributed by atoms with Crippen LogP contribution in [0.2, 0.25) is 0 Å². The summed E-state index contributed by atoms with van der Waals surface area (Å²) in [5, 5.41) is 4.63. The topological polar surface area (TPSA) is 27.6 Å². The van der Waals surface area contributed by atoms with Crippen molar-refractivity contribution < 1.29 is 4.48 Å². The molecule has 1 N–H and O–H groups in total. The predicted molar refractivity (Wildman–Crippen MR) is 84.8 cm³/mol. The van der Waals surface area contributed by atoms with Crippen molar-refractivity contribution in [3.63, 3.8) is 0 Å². The molecule has 0 aromatic heterocycles. The SMILES string of the molecule is C[N+]1(C)CC2C[C@@H]1CN2C1=NNC(c2ccccc2)C=C1. The Balaban J connectivity index is 1.46. The number of nitrogens with zero attached hydrogens (tertiary/aromatic N) is 3. The molecule has 0 saturated carbocycles. The van der Waals surface area contributed by atoms with Crippen molar-refractivity contribution in [3.8, 4) is 0 Å². The molecule has 0 radical (unpaired) electrons. The van der Waals surface area contributed by atoms with Crippen LogP contribution in [0.5, 0.6) is 0 Å². The molecule has 0 amide bonds. The molecule has 21 heavy (non-hydrogen) atoms. The Morgan fingerprint density at radius 1 is 1.24 bits per heavy atom. The number of quaternary nitrogens is 1. The summed E-state index contributed by atoms with van der Waals surface area (Å²) < 4.78 is 1.16. The van der Waals surface area contributed by atoms with Crippen LogP contribution in [0, 0.1) is 0 Å². The summed E-state index contributed by atoms with van der Waals surface area (Å²) in [5.74, 6) is 1.11. The minimum atomic E-state index is 0.196. The molecule has 1 aromatic rings. The van der Waals surface area contributed by atoms with E-state index in [-0.39, 0.29) is 6.04 Å². The Labute approximate surface area is 126 Å². The minimum Gasteiger partial charge on any atom is -0.340 e. The number of hydrazone groups is 1. The van der Waals surface area contributed by atoms with Gasteiger partial charge in [-0.3, -0.25) is 5.43 Å². The third-order valence-corrected chi connectivity index (χ3v) is 5.27. The zero-order valence-electron chi connectivity index (χ0n) is 12.7. The fraction of sp³-hybridized carbons (Fsp3) is 0.471. The Morgan fingerprint density at radius 3 is 2.62 bits per heavy atom. The Morgan fingerprint density at radius 2 is 2.05 bits per heavy atom. The normalized spacial score (nSPS) is 33.0. The predicted octanol–water partition coefficient (Wildman–Crippen LogP) is 1.73. The van der Waals surface area contributed by atoms with Gasteiger partial charge in [-0.25, -0.2) is 0 Å². The molecule has 0 spiro atoms. The molecule has 3 atom stereocenters. The minimum absolute atomic E-state index is 0.196. The summed E-state index contributed by atoms with van der Waals surface area (Å²) in [6, 6.07) is 12.1. The van der Waals surface area contributed by atoms with Crippen LogP contribution in [-0.2, 0) is 0 Å². The molecule has 1 aromatic carbocycles. The highest BCUT2D eigenvalue weighted by molar-refractivity contribution is 5.94. The number of piperazine rings is 1. The molecular formula is C17H23N4+. The highest BCUT2D eigenvalue weighted by Crippen LogP contribution is 2.34. The number of hydrogen-bond donors (Lipinski definition) is 1. The van der Waals surface area contributed by atoms with Gasteiger partial charge in [0, 0.05) is 6.42 Å². The maximum atomic E-state index is 4.63. The maximum absolute atomic E-state index is 4.63. The number of rotatable bonds is 1. The lowest BCUT2D eigenvalue weighted by Crippen LogP contribution is -2.56. The van der Waals surface area contributed by atoms with Crippen LogP contribution in [0.4, 0.5) is 0 Å². The van der Waals surface area contributed by atoms with Crippen molar-refractivity contribution in [3.05, 3.63) is 48.0 Å². The number of likely N-dealkylation sites (N-methyl/N-ethyl adjacent to an activating group) is 1. The number of amidine groups is 1. The highest BCUT2D eigenvalue weighted by atomic mass is 15.5. The first-order valence-corrected chi connectivity index (χ1v) is 7.79. The molecule has 0 aliphatic carbocycles. The molecule has 2 bridgehead atoms. The summed E-state index contributed by atoms with van der Waals surface area (Å²) >= 11 is 0. The number of fused-ring (bicyclic) bond motifs is 2. The summed E-state index contributed by atoms with van der Waals surface area (Å²) in [6.45, 7) is 2.37. The smallest absolute Gasteiger partial charge is 0.148 e. The van der Waals surface area contributed by atoms with Gasteiger partial charge in [0.1, 0.15) is 11.9 Å². The van der Waals surface area contributed by atoms with E-state index in [1.165, 1.54) is 18.5 Å². The van der Waals surface area contributed by atoms with Gasteiger partial charge in [0.05, 0.1) is 39.3 Å². The second-order valence-electron chi connectivity index (χ2n) is 7.00. The van der Waals surface area contributed by atoms with Crippen LogP contribution in [0.1, 0.15) is 18.0 Å². The average Bonchev–Trinajstić information content (AvgIpc) is 3.04. The largest absolute Gasteiger partial charge is 0.340 e. The monoisotopic (exact) mass is 283 g/mol. The third-order valence-electron chi connectivity index (χ3n) is 5.27. The van der Waals surface area contributed by atoms with Crippen LogP contribution in [0.15, 0.2) is 47.6 Å². The molecule has 2 fully saturated rings. The van der Waals surface area contributed by atoms with E-state index in [1.807, 2.05) is 6.07 Å². The number of likely N-dealkylation sites (tertiary alicyclic amines) is 2. The molecule has 4 nitrogen and oxygen atoms in total. The van der Waals surface area contributed by atoms with Crippen molar-refractivity contribution in [2.24, 2.45) is 5.10 Å². The zero-order chi connectivity index (χ0) is 14.4. The van der Waals surface area contributed by atoms with Gasteiger partial charge in [0.15, 0.2) is 0 Å². The summed E-state index contributed by atoms with van der Waals surface area (Å²) in [4.78, 5) is 2.48. The fourth-order valence-corrected chi connectivity index (χ4v) is 3.95. The molecule has 4 heteroatoms. The van der Waals surface area contributed by atoms with E-state index in [0.717, 1.165) is 22.9 Å². The number of hydrogen-bond acceptors (Lipinski definition) is 3. The van der Waals surface area contributed by atoms with Gasteiger partial charge in [-0.05, 0) is 11.6 Å². The van der Waals surface area contributed by atoms with Crippen LogP contribution < -0.4 is 5.43 Å². The van der Waals surface area contributed by atoms with Crippen LogP contribution in [0.25, 0.3) is 0 Å². The van der Waals surface area contributed by atoms with Crippen molar-refractivity contribution in [1.29, 1.82) is 0 Å². The third kappa shape index (κ3) is 2.14. The number of benzene rings is 1. The van der Waals surface area contributed by atoms with E-state index in [9.17, 15) is 0 Å². The second-order valence-corrected chi connectivity index (χ2v) is 7.00. The Kier molecular flexibility index (Phi) is 2.82. The lowest BCUT2D eigenvalue weighted by molar-refractivity contribution is -0.906. The average molecular weight is 283 g/mol. The van der Waals surface area contributed by atoms with Crippen LogP contribution in [-0.4, -0.2) is 54.5 Å². The van der Waals surface area contributed by atoms with Crippen molar-refractivity contribution in [1.82, 2.24) is 10.3 Å². The molecule has 110 valence electrons. The van der Waals surface area contributed by atoms with E-state index in [0.29, 0.717) is 6.04 Å². The number of nitrogens with one attached hydrogen (secondary N) is 1. The maximum Gasteiger partial charge on any atom is 0.148 e. The van der Waals surface area contributed by atoms with E-state index in [1.54, 1.807) is 0 Å². The molecule has 3 aliphatic heterocycles. The van der Waals surface area contributed by atoms with Crippen molar-refractivity contribution in [2.45, 2.75) is 24.5 Å². The second kappa shape index (κ2) is 4.60. The van der Waals surface area contributed by atoms with Gasteiger partial charge >= 0.3 is 0 Å². The van der Waals surface area contributed by atoms with E-state index < -0.39 is 0 Å². The fourth-order valence-electron chi connectivity index (χ4n) is 3.95. The summed E-state index contributed by atoms with van der Waals surface area (Å²) in [5.41, 5.74) is 4.56. The molecule has 4 rings (SSSR count). The van der Waals surface area contributed by atoms with E-state index in [4.69, 9.17) is 0 Å². The lowest BCUT2D eigenvalue weighted by Gasteiger charge is -2.39. The van der Waals surface area contributed by atoms with Gasteiger partial charge in [-0.15, -0.1) is 0 Å². The zero-order valence-corrected chi connectivity index (χ0v) is 12.7. The van der Waals surface area contributed by atoms with Crippen LogP contribution >= 0.6 is 0 Å². The molecule has 3 heterocycles. The molecule has 2 unspecified atom stereocenters. The lowest BCUT2D eigenvalue weighted by atomic mass is 10.1. The molecule has 2 saturated heterocycles. The highest BCUT2D eigenvalue weighted by Gasteiger charge is 2.51. The Hall–Kier alpha value is -1.81. The quantitative estimate of drug-likeness (QED) is 0.795. The van der Waals surface area contributed by atoms with Gasteiger partial charge in [0.2, 0.25) is 0 Å². The standard InChI is InChI=1S/C17H23N4/c1-21(2)12-14-10-15(21)11-20(14)17-9-8-16(18-19-17)13-6-4-3-5-7-13/h3-9,14-16,18H,10-12H2,1-2H3/q+1/t14?,15-,16?/m1/s1. The van der Waals surface area contributed by atoms with E-state index >= 15 is 0 Å². The summed E-state index contributed by atoms with van der Waals surface area (Å²) in [6.07, 6.45) is 5.72. The Bertz CT molecular complexity index is 590. The molecular weight excluding hydrogens is 260 g/mol. The first-order chi connectivity index (χ1) is 10.1. The van der Waals surface area contributed by atoms with Crippen molar-refractivity contribution in [2.75, 3.05) is 27.2 Å². The van der Waals surface area contributed by atoms with Gasteiger partial charge in [0.25, 0.3) is 0 Å². The van der Waals surface area contributed by atoms with Gasteiger partial charge in [-0.2, -0.15) is 5.10 Å². The van der Waals surface area contributed by atoms with E-state index in [2.05, 4.69) is 65.9 Å².